The van der Waals surface area contributed by atoms with Crippen molar-refractivity contribution in [3.63, 3.8) is 0 Å². The highest BCUT2D eigenvalue weighted by molar-refractivity contribution is 5.69. The van der Waals surface area contributed by atoms with Crippen LogP contribution in [0.5, 0.6) is 0 Å². The third-order valence-corrected chi connectivity index (χ3v) is 5.32. The number of aromatic nitrogens is 5. The van der Waals surface area contributed by atoms with Gasteiger partial charge in [0, 0.05) is 29.0 Å². The predicted octanol–water partition coefficient (Wildman–Crippen LogP) is 3.44. The Kier molecular flexibility index (Phi) is 5.31. The van der Waals surface area contributed by atoms with E-state index in [-0.39, 0.29) is 12.1 Å². The summed E-state index contributed by atoms with van der Waals surface area (Å²) in [7, 11) is 0. The van der Waals surface area contributed by atoms with Crippen LogP contribution in [0.3, 0.4) is 0 Å². The average molecular weight is 420 g/mol. The molecule has 0 saturated carbocycles. The lowest BCUT2D eigenvalue weighted by Gasteiger charge is -2.34. The molecule has 4 rings (SSSR count). The summed E-state index contributed by atoms with van der Waals surface area (Å²) in [4.78, 5) is 3.87. The first kappa shape index (κ1) is 20.4. The van der Waals surface area contributed by atoms with Crippen LogP contribution in [-0.4, -0.2) is 29.7 Å². The third kappa shape index (κ3) is 3.81. The summed E-state index contributed by atoms with van der Waals surface area (Å²) in [5, 5.41) is 29.4. The van der Waals surface area contributed by atoms with E-state index in [0.29, 0.717) is 16.7 Å². The first-order valence-electron chi connectivity index (χ1n) is 9.46. The van der Waals surface area contributed by atoms with Crippen molar-refractivity contribution in [3.8, 4) is 17.2 Å². The minimum absolute atomic E-state index is 0.0913. The number of benzene rings is 2. The molecule has 0 aliphatic rings. The Morgan fingerprint density at radius 3 is 2.71 bits per heavy atom. The topological polar surface area (TPSA) is 92.6 Å². The number of aliphatic hydroxyl groups is 1. The Labute approximate surface area is 176 Å². The van der Waals surface area contributed by atoms with Crippen LogP contribution in [0.2, 0.25) is 0 Å². The first-order chi connectivity index (χ1) is 14.9. The maximum absolute atomic E-state index is 14.7. The average Bonchev–Trinajstić information content (AvgIpc) is 3.45. The maximum atomic E-state index is 14.7. The van der Waals surface area contributed by atoms with Crippen molar-refractivity contribution in [1.29, 1.82) is 5.26 Å². The first-order valence-corrected chi connectivity index (χ1v) is 9.46. The Balaban J connectivity index is 1.77. The molecule has 9 heteroatoms. The van der Waals surface area contributed by atoms with E-state index >= 15 is 0 Å². The highest BCUT2D eigenvalue weighted by Gasteiger charge is 2.40. The maximum Gasteiger partial charge on any atom is 0.137 e. The molecule has 7 nitrogen and oxygen atoms in total. The van der Waals surface area contributed by atoms with Gasteiger partial charge in [-0.25, -0.2) is 18.4 Å². The summed E-state index contributed by atoms with van der Waals surface area (Å²) < 4.78 is 31.1. The van der Waals surface area contributed by atoms with E-state index in [1.165, 1.54) is 28.1 Å². The van der Waals surface area contributed by atoms with Gasteiger partial charge in [-0.1, -0.05) is 24.3 Å². The second-order valence-corrected chi connectivity index (χ2v) is 7.18. The molecular weight excluding hydrogens is 402 g/mol. The summed E-state index contributed by atoms with van der Waals surface area (Å²) in [6.07, 6.45) is 5.95. The summed E-state index contributed by atoms with van der Waals surface area (Å²) in [6.45, 7) is 1.54. The van der Waals surface area contributed by atoms with E-state index in [9.17, 15) is 19.1 Å². The minimum atomic E-state index is -1.83. The van der Waals surface area contributed by atoms with Gasteiger partial charge in [0.05, 0.1) is 30.4 Å². The van der Waals surface area contributed by atoms with E-state index in [1.807, 2.05) is 6.07 Å². The summed E-state index contributed by atoms with van der Waals surface area (Å²) in [5.41, 5.74) is -0.0739. The molecule has 2 aromatic heterocycles. The molecule has 2 unspecified atom stereocenters. The Morgan fingerprint density at radius 2 is 2.00 bits per heavy atom. The van der Waals surface area contributed by atoms with Crippen molar-refractivity contribution in [2.75, 3.05) is 0 Å². The third-order valence-electron chi connectivity index (χ3n) is 5.32. The van der Waals surface area contributed by atoms with Crippen molar-refractivity contribution >= 4 is 0 Å². The normalized spacial score (nSPS) is 14.0. The Hall–Kier alpha value is -3.90. The number of rotatable bonds is 6. The lowest BCUT2D eigenvalue weighted by molar-refractivity contribution is -0.0368. The minimum Gasteiger partial charge on any atom is -0.381 e. The van der Waals surface area contributed by atoms with Crippen molar-refractivity contribution in [3.05, 3.63) is 90.3 Å². The molecule has 0 aliphatic heterocycles. The molecule has 0 saturated heterocycles. The molecule has 0 fully saturated rings. The SMILES string of the molecule is CC(n1cc(-c2ccccc2C#N)cn1)C(O)(Cn1cncn1)c1ccc(F)cc1F. The van der Waals surface area contributed by atoms with E-state index in [0.717, 1.165) is 12.1 Å². The fourth-order valence-electron chi connectivity index (χ4n) is 3.58. The van der Waals surface area contributed by atoms with Gasteiger partial charge in [-0.2, -0.15) is 15.5 Å². The van der Waals surface area contributed by atoms with Gasteiger partial charge in [0.2, 0.25) is 0 Å². The van der Waals surface area contributed by atoms with E-state index in [4.69, 9.17) is 0 Å². The van der Waals surface area contributed by atoms with Gasteiger partial charge in [0.15, 0.2) is 0 Å². The van der Waals surface area contributed by atoms with Crippen LogP contribution in [0.1, 0.15) is 24.1 Å². The summed E-state index contributed by atoms with van der Waals surface area (Å²) in [5.74, 6) is -1.62. The number of hydrogen-bond acceptors (Lipinski definition) is 5. The van der Waals surface area contributed by atoms with E-state index in [2.05, 4.69) is 21.3 Å². The zero-order chi connectivity index (χ0) is 22.0. The molecular formula is C22H18F2N6O. The molecule has 2 heterocycles. The monoisotopic (exact) mass is 420 g/mol. The fourth-order valence-corrected chi connectivity index (χ4v) is 3.58. The Bertz CT molecular complexity index is 1250. The zero-order valence-electron chi connectivity index (χ0n) is 16.5. The molecule has 0 aliphatic carbocycles. The number of nitriles is 1. The van der Waals surface area contributed by atoms with Gasteiger partial charge in [0.1, 0.15) is 29.9 Å². The number of hydrogen-bond donors (Lipinski definition) is 1. The molecule has 4 aromatic rings. The van der Waals surface area contributed by atoms with Crippen LogP contribution in [0, 0.1) is 23.0 Å². The van der Waals surface area contributed by atoms with Crippen LogP contribution in [0.4, 0.5) is 8.78 Å². The van der Waals surface area contributed by atoms with Crippen LogP contribution >= 0.6 is 0 Å². The zero-order valence-corrected chi connectivity index (χ0v) is 16.5. The Morgan fingerprint density at radius 1 is 1.19 bits per heavy atom. The number of nitrogens with zero attached hydrogens (tertiary/aromatic N) is 6. The highest BCUT2D eigenvalue weighted by Crippen LogP contribution is 2.37. The second kappa shape index (κ2) is 8.08. The molecule has 2 atom stereocenters. The van der Waals surface area contributed by atoms with Gasteiger partial charge < -0.3 is 5.11 Å². The molecule has 31 heavy (non-hydrogen) atoms. The molecule has 0 radical (unpaired) electrons. The molecule has 0 amide bonds. The molecule has 1 N–H and O–H groups in total. The van der Waals surface area contributed by atoms with E-state index in [1.54, 1.807) is 37.5 Å². The molecule has 0 bridgehead atoms. The van der Waals surface area contributed by atoms with E-state index < -0.39 is 23.3 Å². The predicted molar refractivity (Wildman–Crippen MR) is 107 cm³/mol. The molecule has 156 valence electrons. The van der Waals surface area contributed by atoms with Crippen molar-refractivity contribution < 1.29 is 13.9 Å². The van der Waals surface area contributed by atoms with Gasteiger partial charge >= 0.3 is 0 Å². The van der Waals surface area contributed by atoms with Crippen molar-refractivity contribution in [1.82, 2.24) is 24.5 Å². The highest BCUT2D eigenvalue weighted by atomic mass is 19.1. The lowest BCUT2D eigenvalue weighted by Crippen LogP contribution is -2.40. The van der Waals surface area contributed by atoms with Gasteiger partial charge in [-0.3, -0.25) is 4.68 Å². The van der Waals surface area contributed by atoms with Crippen LogP contribution in [0.25, 0.3) is 11.1 Å². The van der Waals surface area contributed by atoms with Gasteiger partial charge in [-0.05, 0) is 19.1 Å². The second-order valence-electron chi connectivity index (χ2n) is 7.18. The largest absolute Gasteiger partial charge is 0.381 e. The standard InChI is InChI=1S/C22H18F2N6O/c1-15(30-11-17(10-27-30)19-5-3-2-4-16(19)9-25)22(31,12-29-14-26-13-28-29)20-7-6-18(23)8-21(20)24/h2-8,10-11,13-15,31H,12H2,1H3. The summed E-state index contributed by atoms with van der Waals surface area (Å²) >= 11 is 0. The lowest BCUT2D eigenvalue weighted by atomic mass is 9.86. The van der Waals surface area contributed by atoms with Crippen LogP contribution in [-0.2, 0) is 12.1 Å². The quantitative estimate of drug-likeness (QED) is 0.516. The molecule has 2 aromatic carbocycles. The van der Waals surface area contributed by atoms with Crippen molar-refractivity contribution in [2.24, 2.45) is 0 Å². The smallest absolute Gasteiger partial charge is 0.137 e. The van der Waals surface area contributed by atoms with Crippen LogP contribution < -0.4 is 0 Å². The van der Waals surface area contributed by atoms with Crippen LogP contribution in [0.15, 0.2) is 67.5 Å². The summed E-state index contributed by atoms with van der Waals surface area (Å²) in [6, 6.07) is 11.5. The molecule has 0 spiro atoms. The van der Waals surface area contributed by atoms with Gasteiger partial charge in [0.25, 0.3) is 0 Å². The fraction of sp³-hybridized carbons (Fsp3) is 0.182. The number of halogens is 2. The van der Waals surface area contributed by atoms with Crippen molar-refractivity contribution in [2.45, 2.75) is 25.1 Å². The van der Waals surface area contributed by atoms with Gasteiger partial charge in [-0.15, -0.1) is 0 Å².